The van der Waals surface area contributed by atoms with Gasteiger partial charge in [0.25, 0.3) is 0 Å². The number of likely N-dealkylation sites (tertiary alicyclic amines) is 1. The fraction of sp³-hybridized carbons (Fsp3) is 0.538. The van der Waals surface area contributed by atoms with Crippen molar-refractivity contribution in [2.75, 3.05) is 31.7 Å². The monoisotopic (exact) mass is 313 g/mol. The van der Waals surface area contributed by atoms with Crippen LogP contribution in [0.25, 0.3) is 0 Å². The number of nitro benzene ring substituents is 1. The van der Waals surface area contributed by atoms with Crippen molar-refractivity contribution in [3.63, 3.8) is 0 Å². The summed E-state index contributed by atoms with van der Waals surface area (Å²) < 4.78 is 23.4. The maximum atomic E-state index is 11.7. The molecule has 0 bridgehead atoms. The number of nitrogens with zero attached hydrogens (tertiary/aromatic N) is 2. The molecule has 1 aromatic carbocycles. The van der Waals surface area contributed by atoms with E-state index in [9.17, 15) is 18.5 Å². The van der Waals surface area contributed by atoms with Gasteiger partial charge in [0.2, 0.25) is 0 Å². The van der Waals surface area contributed by atoms with Crippen LogP contribution in [0.4, 0.5) is 11.4 Å². The fourth-order valence-electron chi connectivity index (χ4n) is 2.50. The molecule has 1 aliphatic heterocycles. The lowest BCUT2D eigenvalue weighted by Gasteiger charge is -2.30. The third-order valence-corrected chi connectivity index (χ3v) is 4.79. The van der Waals surface area contributed by atoms with E-state index in [4.69, 9.17) is 0 Å². The van der Waals surface area contributed by atoms with E-state index in [2.05, 4.69) is 10.2 Å². The lowest BCUT2D eigenvalue weighted by molar-refractivity contribution is -0.386. The van der Waals surface area contributed by atoms with Crippen LogP contribution in [0.2, 0.25) is 0 Å². The van der Waals surface area contributed by atoms with E-state index in [0.29, 0.717) is 0 Å². The van der Waals surface area contributed by atoms with Crippen molar-refractivity contribution in [3.8, 4) is 0 Å². The van der Waals surface area contributed by atoms with Gasteiger partial charge in [0.1, 0.15) is 10.6 Å². The lowest BCUT2D eigenvalue weighted by atomic mass is 10.0. The minimum atomic E-state index is -3.64. The number of sulfone groups is 1. The molecule has 0 aromatic heterocycles. The summed E-state index contributed by atoms with van der Waals surface area (Å²) in [5.74, 6) is 0. The van der Waals surface area contributed by atoms with Crippen molar-refractivity contribution in [1.29, 1.82) is 0 Å². The molecule has 0 unspecified atom stereocenters. The first-order valence-corrected chi connectivity index (χ1v) is 8.60. The zero-order chi connectivity index (χ0) is 15.6. The number of nitro groups is 1. The molecule has 1 N–H and O–H groups in total. The van der Waals surface area contributed by atoms with Crippen molar-refractivity contribution in [2.45, 2.75) is 23.8 Å². The minimum absolute atomic E-state index is 0.120. The quantitative estimate of drug-likeness (QED) is 0.669. The highest BCUT2D eigenvalue weighted by molar-refractivity contribution is 7.90. The summed E-state index contributed by atoms with van der Waals surface area (Å²) in [6, 6.07) is 4.48. The molecule has 0 amide bonds. The van der Waals surface area contributed by atoms with Gasteiger partial charge in [-0.15, -0.1) is 0 Å². The summed E-state index contributed by atoms with van der Waals surface area (Å²) in [6.45, 7) is 1.83. The average Bonchev–Trinajstić information content (AvgIpc) is 2.40. The molecular formula is C13H19N3O4S. The topological polar surface area (TPSA) is 92.6 Å². The van der Waals surface area contributed by atoms with Crippen LogP contribution in [-0.4, -0.2) is 50.7 Å². The summed E-state index contributed by atoms with van der Waals surface area (Å²) in [5, 5.41) is 14.4. The minimum Gasteiger partial charge on any atom is -0.377 e. The molecule has 1 aliphatic rings. The first-order chi connectivity index (χ1) is 9.79. The van der Waals surface area contributed by atoms with E-state index in [1.807, 2.05) is 7.05 Å². The Morgan fingerprint density at radius 2 is 1.95 bits per heavy atom. The van der Waals surface area contributed by atoms with Gasteiger partial charge in [0.15, 0.2) is 9.84 Å². The van der Waals surface area contributed by atoms with Crippen LogP contribution < -0.4 is 5.32 Å². The van der Waals surface area contributed by atoms with Crippen LogP contribution in [-0.2, 0) is 9.84 Å². The Labute approximate surface area is 124 Å². The molecule has 0 radical (unpaired) electrons. The van der Waals surface area contributed by atoms with Crippen LogP contribution in [0.3, 0.4) is 0 Å². The molecular weight excluding hydrogens is 294 g/mol. The summed E-state index contributed by atoms with van der Waals surface area (Å²) in [5.41, 5.74) is -0.0867. The molecule has 0 atom stereocenters. The lowest BCUT2D eigenvalue weighted by Crippen LogP contribution is -2.36. The SMILES string of the molecule is CN1CCC(Nc2cccc(S(C)(=O)=O)c2[N+](=O)[O-])CC1. The van der Waals surface area contributed by atoms with Gasteiger partial charge in [-0.05, 0) is 45.1 Å². The van der Waals surface area contributed by atoms with Gasteiger partial charge in [-0.2, -0.15) is 0 Å². The van der Waals surface area contributed by atoms with Gasteiger partial charge in [0, 0.05) is 12.3 Å². The number of piperidine rings is 1. The predicted octanol–water partition coefficient (Wildman–Crippen LogP) is 1.50. The maximum Gasteiger partial charge on any atom is 0.310 e. The highest BCUT2D eigenvalue weighted by Gasteiger charge is 2.27. The number of anilines is 1. The van der Waals surface area contributed by atoms with Crippen molar-refractivity contribution >= 4 is 21.2 Å². The first-order valence-electron chi connectivity index (χ1n) is 6.71. The Morgan fingerprint density at radius 1 is 1.33 bits per heavy atom. The Kier molecular flexibility index (Phi) is 4.48. The van der Waals surface area contributed by atoms with E-state index in [-0.39, 0.29) is 22.3 Å². The van der Waals surface area contributed by atoms with Crippen LogP contribution in [0.5, 0.6) is 0 Å². The van der Waals surface area contributed by atoms with E-state index in [1.54, 1.807) is 6.07 Å². The van der Waals surface area contributed by atoms with Gasteiger partial charge in [-0.1, -0.05) is 6.07 Å². The second-order valence-corrected chi connectivity index (χ2v) is 7.39. The predicted molar refractivity (Wildman–Crippen MR) is 80.3 cm³/mol. The second-order valence-electron chi connectivity index (χ2n) is 5.40. The van der Waals surface area contributed by atoms with Gasteiger partial charge >= 0.3 is 5.69 Å². The zero-order valence-corrected chi connectivity index (χ0v) is 12.9. The Hall–Kier alpha value is -1.67. The highest BCUT2D eigenvalue weighted by atomic mass is 32.2. The molecule has 8 heteroatoms. The van der Waals surface area contributed by atoms with Crippen molar-refractivity contribution in [3.05, 3.63) is 28.3 Å². The van der Waals surface area contributed by atoms with Gasteiger partial charge in [-0.25, -0.2) is 8.42 Å². The van der Waals surface area contributed by atoms with E-state index >= 15 is 0 Å². The van der Waals surface area contributed by atoms with Crippen molar-refractivity contribution in [1.82, 2.24) is 4.90 Å². The summed E-state index contributed by atoms with van der Waals surface area (Å²) >= 11 is 0. The molecule has 21 heavy (non-hydrogen) atoms. The van der Waals surface area contributed by atoms with Crippen molar-refractivity contribution in [2.24, 2.45) is 0 Å². The normalized spacial score (nSPS) is 17.6. The number of nitrogens with one attached hydrogen (secondary N) is 1. The molecule has 1 heterocycles. The van der Waals surface area contributed by atoms with Crippen LogP contribution in [0, 0.1) is 10.1 Å². The van der Waals surface area contributed by atoms with Gasteiger partial charge in [0.05, 0.1) is 4.92 Å². The number of para-hydroxylation sites is 1. The summed E-state index contributed by atoms with van der Waals surface area (Å²) in [7, 11) is -1.61. The fourth-order valence-corrected chi connectivity index (χ4v) is 3.36. The smallest absolute Gasteiger partial charge is 0.310 e. The van der Waals surface area contributed by atoms with Gasteiger partial charge < -0.3 is 10.2 Å². The molecule has 1 saturated heterocycles. The first kappa shape index (κ1) is 15.7. The molecule has 1 fully saturated rings. The number of hydrogen-bond acceptors (Lipinski definition) is 6. The molecule has 116 valence electrons. The van der Waals surface area contributed by atoms with Gasteiger partial charge in [-0.3, -0.25) is 10.1 Å². The molecule has 2 rings (SSSR count). The Bertz CT molecular complexity index is 637. The van der Waals surface area contributed by atoms with E-state index < -0.39 is 14.8 Å². The summed E-state index contributed by atoms with van der Waals surface area (Å²) in [6.07, 6.45) is 2.72. The Morgan fingerprint density at radius 3 is 2.48 bits per heavy atom. The third kappa shape index (κ3) is 3.70. The molecule has 1 aromatic rings. The molecule has 0 aliphatic carbocycles. The number of benzene rings is 1. The third-order valence-electron chi connectivity index (χ3n) is 3.66. The van der Waals surface area contributed by atoms with E-state index in [1.165, 1.54) is 12.1 Å². The molecule has 0 spiro atoms. The zero-order valence-electron chi connectivity index (χ0n) is 12.1. The standard InChI is InChI=1S/C13H19N3O4S/c1-15-8-6-10(7-9-15)14-11-4-3-5-12(21(2,19)20)13(11)16(17)18/h3-5,10,14H,6-9H2,1-2H3. The molecule has 0 saturated carbocycles. The molecule has 7 nitrogen and oxygen atoms in total. The second kappa shape index (κ2) is 5.98. The van der Waals surface area contributed by atoms with Crippen LogP contribution in [0.15, 0.2) is 23.1 Å². The average molecular weight is 313 g/mol. The number of rotatable bonds is 4. The van der Waals surface area contributed by atoms with Crippen LogP contribution >= 0.6 is 0 Å². The highest BCUT2D eigenvalue weighted by Crippen LogP contribution is 2.33. The Balaban J connectivity index is 2.33. The number of hydrogen-bond donors (Lipinski definition) is 1. The largest absolute Gasteiger partial charge is 0.377 e. The van der Waals surface area contributed by atoms with Crippen LogP contribution in [0.1, 0.15) is 12.8 Å². The van der Waals surface area contributed by atoms with E-state index in [0.717, 1.165) is 32.2 Å². The maximum absolute atomic E-state index is 11.7. The summed E-state index contributed by atoms with van der Waals surface area (Å²) in [4.78, 5) is 12.6. The van der Waals surface area contributed by atoms with Crippen molar-refractivity contribution < 1.29 is 13.3 Å².